The molecule has 0 spiro atoms. The van der Waals surface area contributed by atoms with E-state index in [1.807, 2.05) is 0 Å². The molecule has 1 aromatic rings. The van der Waals surface area contributed by atoms with Crippen molar-refractivity contribution in [2.45, 2.75) is 39.2 Å². The quantitative estimate of drug-likeness (QED) is 0.705. The predicted octanol–water partition coefficient (Wildman–Crippen LogP) is 1.14. The van der Waals surface area contributed by atoms with Crippen LogP contribution in [0.5, 0.6) is 0 Å². The Bertz CT molecular complexity index is 398. The molecule has 0 saturated heterocycles. The number of methoxy groups -OCH3 is 1. The van der Waals surface area contributed by atoms with Crippen LogP contribution in [0, 0.1) is 5.92 Å². The lowest BCUT2D eigenvalue weighted by atomic mass is 9.97. The maximum absolute atomic E-state index is 11.4. The van der Waals surface area contributed by atoms with E-state index < -0.39 is 0 Å². The average molecular weight is 223 g/mol. The smallest absolute Gasteiger partial charge is 0.309 e. The number of nitrogens with zero attached hydrogens (tertiary/aromatic N) is 3. The first-order valence-electron chi connectivity index (χ1n) is 5.63. The second-order valence-corrected chi connectivity index (χ2v) is 4.49. The van der Waals surface area contributed by atoms with Crippen molar-refractivity contribution in [2.75, 3.05) is 7.11 Å². The predicted molar refractivity (Wildman–Crippen MR) is 57.9 cm³/mol. The minimum absolute atomic E-state index is 0.0540. The van der Waals surface area contributed by atoms with Crippen molar-refractivity contribution in [3.05, 3.63) is 11.6 Å². The van der Waals surface area contributed by atoms with Crippen molar-refractivity contribution in [3.63, 3.8) is 0 Å². The van der Waals surface area contributed by atoms with Gasteiger partial charge in [-0.05, 0) is 6.42 Å². The van der Waals surface area contributed by atoms with Crippen molar-refractivity contribution in [2.24, 2.45) is 5.92 Å². The fraction of sp³-hybridized carbons (Fsp3) is 0.727. The van der Waals surface area contributed by atoms with Gasteiger partial charge in [0.2, 0.25) is 0 Å². The fourth-order valence-corrected chi connectivity index (χ4v) is 2.15. The highest BCUT2D eigenvalue weighted by Crippen LogP contribution is 2.24. The molecule has 0 N–H and O–H groups in total. The van der Waals surface area contributed by atoms with Gasteiger partial charge in [-0.25, -0.2) is 0 Å². The Hall–Kier alpha value is -1.39. The molecule has 5 heteroatoms. The van der Waals surface area contributed by atoms with Gasteiger partial charge in [0.15, 0.2) is 0 Å². The van der Waals surface area contributed by atoms with E-state index >= 15 is 0 Å². The van der Waals surface area contributed by atoms with Crippen molar-refractivity contribution >= 4 is 5.97 Å². The summed E-state index contributed by atoms with van der Waals surface area (Å²) in [5, 5.41) is 8.33. The summed E-state index contributed by atoms with van der Waals surface area (Å²) in [7, 11) is 1.43. The summed E-state index contributed by atoms with van der Waals surface area (Å²) < 4.78 is 6.89. The van der Waals surface area contributed by atoms with Crippen molar-refractivity contribution in [1.29, 1.82) is 0 Å². The third kappa shape index (κ3) is 1.81. The van der Waals surface area contributed by atoms with Crippen LogP contribution < -0.4 is 0 Å². The van der Waals surface area contributed by atoms with Crippen LogP contribution in [0.3, 0.4) is 0 Å². The molecule has 0 amide bonds. The number of carbonyl (C=O) groups is 1. The van der Waals surface area contributed by atoms with Crippen LogP contribution in [0.15, 0.2) is 0 Å². The summed E-state index contributed by atoms with van der Waals surface area (Å²) in [6.07, 6.45) is 1.46. The summed E-state index contributed by atoms with van der Waals surface area (Å²) in [5.74, 6) is 2.10. The van der Waals surface area contributed by atoms with Crippen LogP contribution in [0.25, 0.3) is 0 Å². The summed E-state index contributed by atoms with van der Waals surface area (Å²) in [4.78, 5) is 11.4. The van der Waals surface area contributed by atoms with Crippen LogP contribution in [-0.2, 0) is 22.5 Å². The monoisotopic (exact) mass is 223 g/mol. The molecule has 0 aromatic carbocycles. The highest BCUT2D eigenvalue weighted by Gasteiger charge is 2.28. The van der Waals surface area contributed by atoms with Crippen LogP contribution in [-0.4, -0.2) is 27.8 Å². The van der Waals surface area contributed by atoms with E-state index in [0.29, 0.717) is 12.3 Å². The Kier molecular flexibility index (Phi) is 2.94. The molecule has 88 valence electrons. The minimum Gasteiger partial charge on any atom is -0.469 e. The first-order chi connectivity index (χ1) is 7.63. The standard InChI is InChI=1S/C11H17N3O2/c1-7(2)10-13-12-9-6-8(11(15)16-3)4-5-14(9)10/h7-8H,4-6H2,1-3H3. The third-order valence-electron chi connectivity index (χ3n) is 3.04. The SMILES string of the molecule is COC(=O)C1CCn2c(nnc2C(C)C)C1. The summed E-state index contributed by atoms with van der Waals surface area (Å²) in [6, 6.07) is 0. The number of hydrogen-bond acceptors (Lipinski definition) is 4. The van der Waals surface area contributed by atoms with Gasteiger partial charge in [0.1, 0.15) is 11.6 Å². The molecule has 2 rings (SSSR count). The molecular formula is C11H17N3O2. The first-order valence-corrected chi connectivity index (χ1v) is 5.63. The molecule has 1 atom stereocenters. The third-order valence-corrected chi connectivity index (χ3v) is 3.04. The number of aromatic nitrogens is 3. The Balaban J connectivity index is 2.20. The molecule has 1 aromatic heterocycles. The summed E-state index contributed by atoms with van der Waals surface area (Å²) >= 11 is 0. The summed E-state index contributed by atoms with van der Waals surface area (Å²) in [5.41, 5.74) is 0. The zero-order valence-corrected chi connectivity index (χ0v) is 9.93. The number of carbonyl (C=O) groups excluding carboxylic acids is 1. The lowest BCUT2D eigenvalue weighted by Gasteiger charge is -2.22. The molecule has 0 bridgehead atoms. The maximum Gasteiger partial charge on any atom is 0.309 e. The number of rotatable bonds is 2. The molecule has 1 aliphatic heterocycles. The van der Waals surface area contributed by atoms with E-state index in [9.17, 15) is 4.79 Å². The van der Waals surface area contributed by atoms with Crippen molar-refractivity contribution in [1.82, 2.24) is 14.8 Å². The molecule has 0 fully saturated rings. The van der Waals surface area contributed by atoms with E-state index in [4.69, 9.17) is 4.74 Å². The molecule has 16 heavy (non-hydrogen) atoms. The number of fused-ring (bicyclic) bond motifs is 1. The van der Waals surface area contributed by atoms with Gasteiger partial charge in [0, 0.05) is 18.9 Å². The molecule has 0 radical (unpaired) electrons. The normalized spacial score (nSPS) is 19.6. The molecule has 1 unspecified atom stereocenters. The second kappa shape index (κ2) is 4.23. The van der Waals surface area contributed by atoms with E-state index in [-0.39, 0.29) is 11.9 Å². The van der Waals surface area contributed by atoms with Crippen LogP contribution in [0.1, 0.15) is 37.8 Å². The largest absolute Gasteiger partial charge is 0.469 e. The van der Waals surface area contributed by atoms with Gasteiger partial charge < -0.3 is 9.30 Å². The molecule has 2 heterocycles. The Labute approximate surface area is 94.8 Å². The van der Waals surface area contributed by atoms with Gasteiger partial charge in [-0.1, -0.05) is 13.8 Å². The summed E-state index contributed by atoms with van der Waals surface area (Å²) in [6.45, 7) is 5.02. The first kappa shape index (κ1) is 11.1. The van der Waals surface area contributed by atoms with Gasteiger partial charge >= 0.3 is 5.97 Å². The van der Waals surface area contributed by atoms with Crippen LogP contribution in [0.2, 0.25) is 0 Å². The minimum atomic E-state index is -0.139. The van der Waals surface area contributed by atoms with Gasteiger partial charge in [-0.15, -0.1) is 10.2 Å². The molecular weight excluding hydrogens is 206 g/mol. The molecule has 1 aliphatic rings. The van der Waals surface area contributed by atoms with E-state index in [0.717, 1.165) is 24.6 Å². The van der Waals surface area contributed by atoms with Crippen LogP contribution >= 0.6 is 0 Å². The number of ether oxygens (including phenoxy) is 1. The zero-order valence-electron chi connectivity index (χ0n) is 9.93. The lowest BCUT2D eigenvalue weighted by Crippen LogP contribution is -2.27. The lowest BCUT2D eigenvalue weighted by molar-refractivity contribution is -0.146. The van der Waals surface area contributed by atoms with E-state index in [1.165, 1.54) is 7.11 Å². The van der Waals surface area contributed by atoms with Gasteiger partial charge in [0.05, 0.1) is 13.0 Å². The highest BCUT2D eigenvalue weighted by atomic mass is 16.5. The fourth-order valence-electron chi connectivity index (χ4n) is 2.15. The van der Waals surface area contributed by atoms with Gasteiger partial charge in [-0.3, -0.25) is 4.79 Å². The number of esters is 1. The molecule has 0 saturated carbocycles. The van der Waals surface area contributed by atoms with Crippen molar-refractivity contribution < 1.29 is 9.53 Å². The highest BCUT2D eigenvalue weighted by molar-refractivity contribution is 5.72. The Morgan fingerprint density at radius 3 is 2.88 bits per heavy atom. The maximum atomic E-state index is 11.4. The van der Waals surface area contributed by atoms with Gasteiger partial charge in [-0.2, -0.15) is 0 Å². The van der Waals surface area contributed by atoms with E-state index in [1.54, 1.807) is 0 Å². The number of hydrogen-bond donors (Lipinski definition) is 0. The van der Waals surface area contributed by atoms with E-state index in [2.05, 4.69) is 28.6 Å². The topological polar surface area (TPSA) is 57.0 Å². The zero-order chi connectivity index (χ0) is 11.7. The molecule has 0 aliphatic carbocycles. The average Bonchev–Trinajstić information content (AvgIpc) is 2.70. The Morgan fingerprint density at radius 1 is 1.50 bits per heavy atom. The second-order valence-electron chi connectivity index (χ2n) is 4.49. The van der Waals surface area contributed by atoms with Crippen molar-refractivity contribution in [3.8, 4) is 0 Å². The molecule has 5 nitrogen and oxygen atoms in total. The Morgan fingerprint density at radius 2 is 2.25 bits per heavy atom. The van der Waals surface area contributed by atoms with Crippen LogP contribution in [0.4, 0.5) is 0 Å². The van der Waals surface area contributed by atoms with Gasteiger partial charge in [0.25, 0.3) is 0 Å².